The van der Waals surface area contributed by atoms with Gasteiger partial charge in [-0.15, -0.1) is 0 Å². The van der Waals surface area contributed by atoms with Crippen LogP contribution in [0.3, 0.4) is 0 Å². The van der Waals surface area contributed by atoms with E-state index in [1.807, 2.05) is 66.7 Å². The van der Waals surface area contributed by atoms with Crippen molar-refractivity contribution in [2.45, 2.75) is 76.0 Å². The number of oxazole rings is 1. The van der Waals surface area contributed by atoms with E-state index in [2.05, 4.69) is 13.8 Å². The molecule has 0 saturated heterocycles. The molecule has 0 spiro atoms. The standard InChI is InChI=1S/C36H39NO4S/c1-34-18-15-26(38)21-25(34)13-14-27-28(34)16-19-35(2)29(27)17-20-36(35,40)30(39)22-42-33-37-31(23-9-5-3-6-10-23)32(41-33)24-11-7-4-8-12-24/h3-12,21,27-29,40H,13-20,22H2,1-2H3/t27?,28?,29?,34?,35?,36-/m0/s1. The van der Waals surface area contributed by atoms with Gasteiger partial charge in [0.15, 0.2) is 17.3 Å². The number of thioether (sulfide) groups is 1. The van der Waals surface area contributed by atoms with Gasteiger partial charge in [-0.05, 0) is 74.2 Å². The van der Waals surface area contributed by atoms with E-state index in [1.165, 1.54) is 17.3 Å². The molecule has 0 radical (unpaired) electrons. The Morgan fingerprint density at radius 2 is 1.62 bits per heavy atom. The molecule has 0 aliphatic heterocycles. The predicted octanol–water partition coefficient (Wildman–Crippen LogP) is 7.93. The Morgan fingerprint density at radius 3 is 2.36 bits per heavy atom. The molecule has 1 N–H and O–H groups in total. The quantitative estimate of drug-likeness (QED) is 0.298. The van der Waals surface area contributed by atoms with Gasteiger partial charge >= 0.3 is 0 Å². The number of aliphatic hydroxyl groups is 1. The molecule has 6 heteroatoms. The highest BCUT2D eigenvalue weighted by Crippen LogP contribution is 2.67. The zero-order valence-corrected chi connectivity index (χ0v) is 25.3. The van der Waals surface area contributed by atoms with Crippen molar-refractivity contribution >= 4 is 23.3 Å². The fourth-order valence-electron chi connectivity index (χ4n) is 9.22. The summed E-state index contributed by atoms with van der Waals surface area (Å²) in [4.78, 5) is 30.9. The number of Topliss-reactive ketones (excluding diaryl/α,β-unsaturated/α-hetero) is 1. The van der Waals surface area contributed by atoms with Gasteiger partial charge in [-0.3, -0.25) is 9.59 Å². The minimum atomic E-state index is -1.34. The van der Waals surface area contributed by atoms with E-state index in [1.54, 1.807) is 0 Å². The van der Waals surface area contributed by atoms with Crippen LogP contribution < -0.4 is 0 Å². The van der Waals surface area contributed by atoms with Gasteiger partial charge in [0.05, 0.1) is 5.75 Å². The van der Waals surface area contributed by atoms with Gasteiger partial charge in [-0.2, -0.15) is 0 Å². The third-order valence-electron chi connectivity index (χ3n) is 11.6. The second kappa shape index (κ2) is 10.3. The SMILES string of the molecule is CC12CCC(=O)C=C1CCC1C2CCC2(C)C1CC[C@]2(O)C(=O)CSc1nc(-c2ccccc2)c(-c2ccccc2)o1. The minimum Gasteiger partial charge on any atom is -0.431 e. The largest absolute Gasteiger partial charge is 0.431 e. The van der Waals surface area contributed by atoms with Gasteiger partial charge in [0.2, 0.25) is 0 Å². The normalized spacial score (nSPS) is 33.8. The second-order valence-corrected chi connectivity index (χ2v) is 14.4. The van der Waals surface area contributed by atoms with Gasteiger partial charge in [0.25, 0.3) is 5.22 Å². The minimum absolute atomic E-state index is 0.0800. The van der Waals surface area contributed by atoms with Gasteiger partial charge in [0, 0.05) is 23.0 Å². The lowest BCUT2D eigenvalue weighted by Crippen LogP contribution is -2.57. The number of nitrogens with zero attached hydrogens (tertiary/aromatic N) is 1. The highest BCUT2D eigenvalue weighted by molar-refractivity contribution is 7.99. The highest BCUT2D eigenvalue weighted by atomic mass is 32.2. The Hall–Kier alpha value is -2.96. The molecule has 4 aliphatic carbocycles. The molecule has 7 rings (SSSR count). The Balaban J connectivity index is 1.11. The molecule has 3 fully saturated rings. The zero-order chi connectivity index (χ0) is 29.1. The van der Waals surface area contributed by atoms with Crippen LogP contribution in [0, 0.1) is 28.6 Å². The maximum absolute atomic E-state index is 13.9. The summed E-state index contributed by atoms with van der Waals surface area (Å²) in [5, 5.41) is 12.6. The summed E-state index contributed by atoms with van der Waals surface area (Å²) in [6.45, 7) is 4.55. The molecule has 5 unspecified atom stereocenters. The fraction of sp³-hybridized carbons (Fsp3) is 0.472. The smallest absolute Gasteiger partial charge is 0.257 e. The average molecular weight is 582 g/mol. The molecule has 5 nitrogen and oxygen atoms in total. The monoisotopic (exact) mass is 581 g/mol. The number of allylic oxidation sites excluding steroid dienone is 1. The molecule has 1 aromatic heterocycles. The van der Waals surface area contributed by atoms with Crippen molar-refractivity contribution in [1.29, 1.82) is 0 Å². The molecule has 0 amide bonds. The molecule has 42 heavy (non-hydrogen) atoms. The van der Waals surface area contributed by atoms with Gasteiger partial charge in [-0.1, -0.05) is 91.8 Å². The molecule has 2 aromatic carbocycles. The molecular weight excluding hydrogens is 542 g/mol. The van der Waals surface area contributed by atoms with Crippen molar-refractivity contribution in [2.24, 2.45) is 28.6 Å². The Morgan fingerprint density at radius 1 is 0.929 bits per heavy atom. The number of carbonyl (C=O) groups is 2. The van der Waals surface area contributed by atoms with Crippen LogP contribution in [0.15, 0.2) is 82.0 Å². The van der Waals surface area contributed by atoms with Crippen LogP contribution in [0.2, 0.25) is 0 Å². The van der Waals surface area contributed by atoms with Crippen LogP contribution in [-0.2, 0) is 9.59 Å². The van der Waals surface area contributed by atoms with Crippen molar-refractivity contribution in [1.82, 2.24) is 4.98 Å². The summed E-state index contributed by atoms with van der Waals surface area (Å²) in [5.74, 6) is 2.31. The van der Waals surface area contributed by atoms with Crippen molar-refractivity contribution in [3.8, 4) is 22.6 Å². The number of hydrogen-bond acceptors (Lipinski definition) is 6. The Bertz CT molecular complexity index is 1490. The lowest BCUT2D eigenvalue weighted by atomic mass is 9.46. The lowest BCUT2D eigenvalue weighted by molar-refractivity contribution is -0.159. The first-order valence-corrected chi connectivity index (χ1v) is 16.5. The number of ketones is 2. The highest BCUT2D eigenvalue weighted by Gasteiger charge is 2.66. The summed E-state index contributed by atoms with van der Waals surface area (Å²) in [6.07, 6.45) is 8.79. The second-order valence-electron chi connectivity index (χ2n) is 13.4. The molecule has 6 atom stereocenters. The van der Waals surface area contributed by atoms with Crippen molar-refractivity contribution in [2.75, 3.05) is 5.75 Å². The Kier molecular flexibility index (Phi) is 6.86. The van der Waals surface area contributed by atoms with E-state index in [0.717, 1.165) is 55.3 Å². The number of carbonyl (C=O) groups excluding carboxylic acids is 2. The maximum Gasteiger partial charge on any atom is 0.257 e. The molecule has 0 bridgehead atoms. The van der Waals surface area contributed by atoms with Crippen LogP contribution >= 0.6 is 11.8 Å². The summed E-state index contributed by atoms with van der Waals surface area (Å²) in [7, 11) is 0. The zero-order valence-electron chi connectivity index (χ0n) is 24.5. The van der Waals surface area contributed by atoms with Crippen LogP contribution in [0.1, 0.15) is 65.2 Å². The van der Waals surface area contributed by atoms with Crippen LogP contribution in [0.5, 0.6) is 0 Å². The number of aromatic nitrogens is 1. The van der Waals surface area contributed by atoms with Gasteiger partial charge < -0.3 is 9.52 Å². The summed E-state index contributed by atoms with van der Waals surface area (Å²) >= 11 is 1.29. The molecule has 218 valence electrons. The topological polar surface area (TPSA) is 80.4 Å². The van der Waals surface area contributed by atoms with Crippen molar-refractivity contribution in [3.05, 3.63) is 72.3 Å². The predicted molar refractivity (Wildman–Crippen MR) is 165 cm³/mol. The van der Waals surface area contributed by atoms with Crippen LogP contribution in [-0.4, -0.2) is 33.0 Å². The molecule has 1 heterocycles. The number of fused-ring (bicyclic) bond motifs is 5. The van der Waals surface area contributed by atoms with Gasteiger partial charge in [-0.25, -0.2) is 4.98 Å². The average Bonchev–Trinajstić information content (AvgIpc) is 3.56. The summed E-state index contributed by atoms with van der Waals surface area (Å²) in [6, 6.07) is 19.9. The third-order valence-corrected chi connectivity index (χ3v) is 12.4. The molecular formula is C36H39NO4S. The van der Waals surface area contributed by atoms with Gasteiger partial charge in [0.1, 0.15) is 11.3 Å². The number of rotatable bonds is 6. The molecule has 3 saturated carbocycles. The lowest BCUT2D eigenvalue weighted by Gasteiger charge is -2.58. The molecule has 3 aromatic rings. The van der Waals surface area contributed by atoms with Crippen LogP contribution in [0.25, 0.3) is 22.6 Å². The fourth-order valence-corrected chi connectivity index (χ4v) is 10.0. The van der Waals surface area contributed by atoms with Crippen molar-refractivity contribution in [3.63, 3.8) is 0 Å². The first kappa shape index (κ1) is 27.8. The first-order valence-electron chi connectivity index (χ1n) is 15.5. The van der Waals surface area contributed by atoms with Crippen LogP contribution in [0.4, 0.5) is 0 Å². The Labute approximate surface area is 252 Å². The van der Waals surface area contributed by atoms with E-state index in [4.69, 9.17) is 9.40 Å². The van der Waals surface area contributed by atoms with Crippen molar-refractivity contribution < 1.29 is 19.1 Å². The van der Waals surface area contributed by atoms with E-state index in [0.29, 0.717) is 41.6 Å². The number of hydrogen-bond donors (Lipinski definition) is 1. The van der Waals surface area contributed by atoms with E-state index >= 15 is 0 Å². The maximum atomic E-state index is 13.9. The first-order chi connectivity index (χ1) is 20.2. The van der Waals surface area contributed by atoms with E-state index in [9.17, 15) is 14.7 Å². The van der Waals surface area contributed by atoms with E-state index in [-0.39, 0.29) is 22.7 Å². The summed E-state index contributed by atoms with van der Waals surface area (Å²) < 4.78 is 6.26. The summed E-state index contributed by atoms with van der Waals surface area (Å²) in [5.41, 5.74) is 2.30. The molecule has 4 aliphatic rings. The van der Waals surface area contributed by atoms with E-state index < -0.39 is 11.0 Å². The number of benzene rings is 2. The third kappa shape index (κ3) is 4.28.